The van der Waals surface area contributed by atoms with E-state index in [-0.39, 0.29) is 6.04 Å². The van der Waals surface area contributed by atoms with E-state index < -0.39 is 11.6 Å². The number of hydrogen-bond acceptors (Lipinski definition) is 4. The van der Waals surface area contributed by atoms with Gasteiger partial charge in [0, 0.05) is 24.5 Å². The molecule has 1 aromatic heterocycles. The van der Waals surface area contributed by atoms with Crippen LogP contribution in [0.2, 0.25) is 0 Å². The Morgan fingerprint density at radius 1 is 1.25 bits per heavy atom. The third kappa shape index (κ3) is 3.98. The Bertz CT molecular complexity index is 575. The van der Waals surface area contributed by atoms with Crippen molar-refractivity contribution in [1.29, 1.82) is 0 Å². The van der Waals surface area contributed by atoms with E-state index >= 15 is 0 Å². The molecule has 0 aliphatic heterocycles. The van der Waals surface area contributed by atoms with E-state index in [1.807, 2.05) is 6.92 Å². The minimum atomic E-state index is -0.615. The van der Waals surface area contributed by atoms with Crippen molar-refractivity contribution >= 4 is 11.8 Å². The number of hydrogen-bond donors (Lipinski definition) is 1. The van der Waals surface area contributed by atoms with Crippen LogP contribution in [0.5, 0.6) is 0 Å². The summed E-state index contributed by atoms with van der Waals surface area (Å²) in [7, 11) is 0. The highest BCUT2D eigenvalue weighted by Gasteiger charge is 2.08. The molecule has 1 heterocycles. The molecule has 1 unspecified atom stereocenters. The molecule has 0 aliphatic rings. The quantitative estimate of drug-likeness (QED) is 0.861. The average molecular weight is 295 g/mol. The first-order valence-electron chi connectivity index (χ1n) is 6.28. The summed E-state index contributed by atoms with van der Waals surface area (Å²) in [5, 5.41) is 0.421. The summed E-state index contributed by atoms with van der Waals surface area (Å²) in [6, 6.07) is 3.52. The molecule has 1 atom stereocenters. The van der Waals surface area contributed by atoms with E-state index in [0.717, 1.165) is 29.8 Å². The fourth-order valence-electron chi connectivity index (χ4n) is 1.60. The molecule has 0 saturated heterocycles. The highest BCUT2D eigenvalue weighted by Crippen LogP contribution is 2.27. The summed E-state index contributed by atoms with van der Waals surface area (Å²) >= 11 is 1.06. The summed E-state index contributed by atoms with van der Waals surface area (Å²) in [5.74, 6) is -1.22. The second-order valence-corrected chi connectivity index (χ2v) is 5.43. The molecule has 0 fully saturated rings. The number of benzene rings is 1. The van der Waals surface area contributed by atoms with Gasteiger partial charge in [0.05, 0.1) is 4.90 Å². The SMILES string of the molecule is CCC(N)Cc1cnc(Sc2ccc(F)cc2F)nc1. The zero-order valence-corrected chi connectivity index (χ0v) is 11.8. The van der Waals surface area contributed by atoms with Crippen LogP contribution in [-0.4, -0.2) is 16.0 Å². The predicted molar refractivity (Wildman–Crippen MR) is 74.5 cm³/mol. The minimum absolute atomic E-state index is 0.0895. The monoisotopic (exact) mass is 295 g/mol. The number of nitrogens with two attached hydrogens (primary N) is 1. The Labute approximate surface area is 120 Å². The van der Waals surface area contributed by atoms with Gasteiger partial charge in [-0.15, -0.1) is 0 Å². The van der Waals surface area contributed by atoms with Crippen molar-refractivity contribution < 1.29 is 8.78 Å². The highest BCUT2D eigenvalue weighted by molar-refractivity contribution is 7.99. The third-order valence-corrected chi connectivity index (χ3v) is 3.74. The number of halogens is 2. The van der Waals surface area contributed by atoms with Gasteiger partial charge < -0.3 is 5.73 Å². The van der Waals surface area contributed by atoms with E-state index in [9.17, 15) is 8.78 Å². The average Bonchev–Trinajstić information content (AvgIpc) is 2.44. The van der Waals surface area contributed by atoms with Gasteiger partial charge in [0.25, 0.3) is 0 Å². The van der Waals surface area contributed by atoms with Gasteiger partial charge in [0.15, 0.2) is 5.16 Å². The molecule has 0 spiro atoms. The highest BCUT2D eigenvalue weighted by atomic mass is 32.2. The van der Waals surface area contributed by atoms with Crippen LogP contribution < -0.4 is 5.73 Å². The molecule has 0 aliphatic carbocycles. The fraction of sp³-hybridized carbons (Fsp3) is 0.286. The lowest BCUT2D eigenvalue weighted by atomic mass is 10.1. The Kier molecular flexibility index (Phi) is 5.03. The first-order valence-corrected chi connectivity index (χ1v) is 7.09. The van der Waals surface area contributed by atoms with Crippen LogP contribution in [0.3, 0.4) is 0 Å². The molecule has 0 saturated carbocycles. The van der Waals surface area contributed by atoms with Crippen molar-refractivity contribution in [2.75, 3.05) is 0 Å². The smallest absolute Gasteiger partial charge is 0.192 e. The lowest BCUT2D eigenvalue weighted by Crippen LogP contribution is -2.21. The lowest BCUT2D eigenvalue weighted by Gasteiger charge is -2.08. The summed E-state index contributed by atoms with van der Waals surface area (Å²) in [6.07, 6.45) is 4.97. The van der Waals surface area contributed by atoms with Gasteiger partial charge >= 0.3 is 0 Å². The molecule has 2 aromatic rings. The number of aromatic nitrogens is 2. The second-order valence-electron chi connectivity index (χ2n) is 4.42. The van der Waals surface area contributed by atoms with Crippen molar-refractivity contribution in [2.45, 2.75) is 35.9 Å². The molecule has 106 valence electrons. The zero-order valence-electron chi connectivity index (χ0n) is 11.0. The number of nitrogens with zero attached hydrogens (tertiary/aromatic N) is 2. The summed E-state index contributed by atoms with van der Waals surface area (Å²) in [6.45, 7) is 2.02. The molecule has 2 N–H and O–H groups in total. The zero-order chi connectivity index (χ0) is 14.5. The normalized spacial score (nSPS) is 12.4. The van der Waals surface area contributed by atoms with Crippen LogP contribution >= 0.6 is 11.8 Å². The molecule has 0 amide bonds. The lowest BCUT2D eigenvalue weighted by molar-refractivity contribution is 0.565. The standard InChI is InChI=1S/C14H15F2N3S/c1-2-11(17)5-9-7-18-14(19-8-9)20-13-4-3-10(15)6-12(13)16/h3-4,6-8,11H,2,5,17H2,1H3. The molecule has 2 rings (SSSR count). The molecule has 3 nitrogen and oxygen atoms in total. The molecule has 0 bridgehead atoms. The van der Waals surface area contributed by atoms with Gasteiger partial charge in [-0.1, -0.05) is 6.92 Å². The topological polar surface area (TPSA) is 51.8 Å². The van der Waals surface area contributed by atoms with Crippen LogP contribution in [0.15, 0.2) is 40.6 Å². The second kappa shape index (κ2) is 6.76. The first-order chi connectivity index (χ1) is 9.58. The predicted octanol–water partition coefficient (Wildman–Crippen LogP) is 3.19. The van der Waals surface area contributed by atoms with Crippen LogP contribution in [0.25, 0.3) is 0 Å². The van der Waals surface area contributed by atoms with Crippen molar-refractivity contribution in [3.63, 3.8) is 0 Å². The number of rotatable bonds is 5. The molecule has 20 heavy (non-hydrogen) atoms. The van der Waals surface area contributed by atoms with Crippen LogP contribution in [0.4, 0.5) is 8.78 Å². The third-order valence-electron chi connectivity index (χ3n) is 2.80. The fourth-order valence-corrected chi connectivity index (χ4v) is 2.30. The van der Waals surface area contributed by atoms with E-state index in [4.69, 9.17) is 5.73 Å². The van der Waals surface area contributed by atoms with Gasteiger partial charge in [-0.05, 0) is 42.3 Å². The van der Waals surface area contributed by atoms with Gasteiger partial charge in [-0.2, -0.15) is 0 Å². The largest absolute Gasteiger partial charge is 0.327 e. The summed E-state index contributed by atoms with van der Waals surface area (Å²) in [4.78, 5) is 8.62. The van der Waals surface area contributed by atoms with Crippen LogP contribution in [0, 0.1) is 11.6 Å². The van der Waals surface area contributed by atoms with Crippen LogP contribution in [0.1, 0.15) is 18.9 Å². The Hall–Kier alpha value is -1.53. The van der Waals surface area contributed by atoms with Gasteiger partial charge in [0.2, 0.25) is 0 Å². The summed E-state index contributed by atoms with van der Waals surface area (Å²) < 4.78 is 26.3. The van der Waals surface area contributed by atoms with Crippen molar-refractivity contribution in [3.8, 4) is 0 Å². The maximum absolute atomic E-state index is 13.5. The maximum Gasteiger partial charge on any atom is 0.192 e. The van der Waals surface area contributed by atoms with E-state index in [1.165, 1.54) is 12.1 Å². The van der Waals surface area contributed by atoms with E-state index in [1.54, 1.807) is 12.4 Å². The van der Waals surface area contributed by atoms with Crippen LogP contribution in [-0.2, 0) is 6.42 Å². The Morgan fingerprint density at radius 3 is 2.55 bits per heavy atom. The first kappa shape index (κ1) is 14.9. The van der Waals surface area contributed by atoms with Gasteiger partial charge in [0.1, 0.15) is 11.6 Å². The van der Waals surface area contributed by atoms with Crippen molar-refractivity contribution in [3.05, 3.63) is 47.8 Å². The molecular formula is C14H15F2N3S. The minimum Gasteiger partial charge on any atom is -0.327 e. The molecule has 1 aromatic carbocycles. The maximum atomic E-state index is 13.5. The Morgan fingerprint density at radius 2 is 1.95 bits per heavy atom. The molecule has 0 radical (unpaired) electrons. The molecule has 6 heteroatoms. The van der Waals surface area contributed by atoms with Crippen molar-refractivity contribution in [2.24, 2.45) is 5.73 Å². The van der Waals surface area contributed by atoms with E-state index in [2.05, 4.69) is 9.97 Å². The van der Waals surface area contributed by atoms with Gasteiger partial charge in [-0.25, -0.2) is 18.7 Å². The molecular weight excluding hydrogens is 280 g/mol. The van der Waals surface area contributed by atoms with E-state index in [0.29, 0.717) is 16.5 Å². The van der Waals surface area contributed by atoms with Crippen molar-refractivity contribution in [1.82, 2.24) is 9.97 Å². The van der Waals surface area contributed by atoms with Gasteiger partial charge in [-0.3, -0.25) is 0 Å². The Balaban J connectivity index is 2.07. The summed E-state index contributed by atoms with van der Waals surface area (Å²) in [5.41, 5.74) is 6.80.